The van der Waals surface area contributed by atoms with E-state index in [1.807, 2.05) is 39.4 Å². The van der Waals surface area contributed by atoms with E-state index >= 15 is 0 Å². The van der Waals surface area contributed by atoms with Crippen molar-refractivity contribution in [2.45, 2.75) is 51.5 Å². The van der Waals surface area contributed by atoms with Crippen LogP contribution < -0.4 is 0 Å². The molecule has 0 aliphatic carbocycles. The molecule has 0 fully saturated rings. The summed E-state index contributed by atoms with van der Waals surface area (Å²) in [5.74, 6) is 0. The van der Waals surface area contributed by atoms with Gasteiger partial charge < -0.3 is 9.30 Å². The molecule has 1 amide bonds. The van der Waals surface area contributed by atoms with Gasteiger partial charge in [-0.3, -0.25) is 14.6 Å². The number of aromatic nitrogens is 5. The second-order valence-electron chi connectivity index (χ2n) is 13.8. The number of rotatable bonds is 7. The lowest BCUT2D eigenvalue weighted by molar-refractivity contribution is 0.0239. The lowest BCUT2D eigenvalue weighted by atomic mass is 9.76. The summed E-state index contributed by atoms with van der Waals surface area (Å²) >= 11 is 0. The largest absolute Gasteiger partial charge is 0.444 e. The Morgan fingerprint density at radius 2 is 1.42 bits per heavy atom. The van der Waals surface area contributed by atoms with E-state index in [-0.39, 0.29) is 6.09 Å². The Morgan fingerprint density at radius 1 is 0.780 bits per heavy atom. The van der Waals surface area contributed by atoms with Crippen LogP contribution in [0.4, 0.5) is 4.79 Å². The Bertz CT molecular complexity index is 2180. The van der Waals surface area contributed by atoms with Crippen LogP contribution in [0.5, 0.6) is 0 Å². The molecule has 7 aromatic rings. The smallest absolute Gasteiger partial charge is 0.410 e. The van der Waals surface area contributed by atoms with E-state index in [1.165, 1.54) is 0 Å². The van der Waals surface area contributed by atoms with E-state index in [1.54, 1.807) is 11.1 Å². The van der Waals surface area contributed by atoms with E-state index < -0.39 is 11.1 Å². The van der Waals surface area contributed by atoms with Gasteiger partial charge in [-0.1, -0.05) is 103 Å². The van der Waals surface area contributed by atoms with Gasteiger partial charge in [-0.05, 0) is 61.2 Å². The number of carbonyl (C=O) groups is 1. The first-order valence-corrected chi connectivity index (χ1v) is 16.9. The highest BCUT2D eigenvalue weighted by atomic mass is 16.6. The van der Waals surface area contributed by atoms with Crippen molar-refractivity contribution in [3.8, 4) is 11.3 Å². The van der Waals surface area contributed by atoms with Gasteiger partial charge in [0.2, 0.25) is 0 Å². The molecule has 248 valence electrons. The van der Waals surface area contributed by atoms with Gasteiger partial charge >= 0.3 is 6.09 Å². The summed E-state index contributed by atoms with van der Waals surface area (Å²) in [4.78, 5) is 24.3. The molecule has 0 saturated heterocycles. The molecule has 0 N–H and O–H groups in total. The Hall–Kier alpha value is -6.02. The minimum atomic E-state index is -0.720. The van der Waals surface area contributed by atoms with Crippen molar-refractivity contribution in [1.82, 2.24) is 29.2 Å². The predicted molar refractivity (Wildman–Crippen MR) is 194 cm³/mol. The summed E-state index contributed by atoms with van der Waals surface area (Å²) in [6.07, 6.45) is 5.27. The summed E-state index contributed by atoms with van der Waals surface area (Å²) in [5.41, 5.74) is 8.81. The lowest BCUT2D eigenvalue weighted by Gasteiger charge is -2.38. The average molecular weight is 659 g/mol. The van der Waals surface area contributed by atoms with Crippen LogP contribution in [0.2, 0.25) is 0 Å². The topological polar surface area (TPSA) is 78.1 Å². The quantitative estimate of drug-likeness (QED) is 0.161. The molecule has 0 unspecified atom stereocenters. The third-order valence-electron chi connectivity index (χ3n) is 9.29. The minimum Gasteiger partial charge on any atom is -0.444 e. The van der Waals surface area contributed by atoms with Gasteiger partial charge in [0, 0.05) is 23.5 Å². The van der Waals surface area contributed by atoms with Crippen LogP contribution in [0.15, 0.2) is 140 Å². The molecule has 50 heavy (non-hydrogen) atoms. The van der Waals surface area contributed by atoms with Gasteiger partial charge in [-0.15, -0.1) is 0 Å². The van der Waals surface area contributed by atoms with Gasteiger partial charge in [-0.2, -0.15) is 5.10 Å². The SMILES string of the molecule is CC(C)(C)OC(=O)N1Cc2nn(Cc3cccnc3)c(-c3ccc4ncn(C(c5ccccc5)(c5ccccc5)c5ccccc5)c4c3)c2C1. The molecule has 0 spiro atoms. The molecule has 1 aliphatic rings. The fourth-order valence-corrected chi connectivity index (χ4v) is 7.20. The Morgan fingerprint density at radius 3 is 2.00 bits per heavy atom. The van der Waals surface area contributed by atoms with Crippen LogP contribution >= 0.6 is 0 Å². The highest BCUT2D eigenvalue weighted by molar-refractivity contribution is 5.84. The third-order valence-corrected chi connectivity index (χ3v) is 9.29. The average Bonchev–Trinajstić information content (AvgIpc) is 3.83. The van der Waals surface area contributed by atoms with Gasteiger partial charge in [0.05, 0.1) is 48.4 Å². The molecule has 4 aromatic carbocycles. The maximum absolute atomic E-state index is 13.2. The van der Waals surface area contributed by atoms with Crippen LogP contribution in [0.25, 0.3) is 22.3 Å². The molecule has 4 heterocycles. The third kappa shape index (κ3) is 5.52. The second kappa shape index (κ2) is 12.5. The first-order chi connectivity index (χ1) is 24.3. The maximum Gasteiger partial charge on any atom is 0.410 e. The zero-order valence-corrected chi connectivity index (χ0v) is 28.4. The standard InChI is InChI=1S/C42H38N6O2/c1-41(2,3)50-40(49)46-27-35-37(28-46)45-48(26-30-14-13-23-43-25-30)39(35)31-21-22-36-38(24-31)47(29-44-36)42(32-15-7-4-8-16-32,33-17-9-5-10-18-33)34-19-11-6-12-20-34/h4-25,29H,26-28H2,1-3H3. The highest BCUT2D eigenvalue weighted by Gasteiger charge is 2.40. The molecule has 8 nitrogen and oxygen atoms in total. The van der Waals surface area contributed by atoms with Gasteiger partial charge in [-0.25, -0.2) is 9.78 Å². The first-order valence-electron chi connectivity index (χ1n) is 16.9. The summed E-state index contributed by atoms with van der Waals surface area (Å²) < 4.78 is 10.1. The summed E-state index contributed by atoms with van der Waals surface area (Å²) in [6.45, 7) is 7.00. The molecule has 0 bridgehead atoms. The van der Waals surface area contributed by atoms with Crippen molar-refractivity contribution in [1.29, 1.82) is 0 Å². The number of fused-ring (bicyclic) bond motifs is 2. The number of imidazole rings is 1. The van der Waals surface area contributed by atoms with Crippen molar-refractivity contribution in [2.75, 3.05) is 0 Å². The molecule has 0 radical (unpaired) electrons. The van der Waals surface area contributed by atoms with Crippen LogP contribution in [0.3, 0.4) is 0 Å². The van der Waals surface area contributed by atoms with Crippen LogP contribution in [0, 0.1) is 0 Å². The molecule has 0 atom stereocenters. The number of benzene rings is 4. The molecule has 3 aromatic heterocycles. The molecule has 8 heteroatoms. The predicted octanol–water partition coefficient (Wildman–Crippen LogP) is 8.43. The van der Waals surface area contributed by atoms with Crippen molar-refractivity contribution >= 4 is 17.1 Å². The van der Waals surface area contributed by atoms with Crippen LogP contribution in [0.1, 0.15) is 54.3 Å². The second-order valence-corrected chi connectivity index (χ2v) is 13.8. The lowest BCUT2D eigenvalue weighted by Crippen LogP contribution is -2.37. The molecule has 0 saturated carbocycles. The molecule has 1 aliphatic heterocycles. The Kier molecular flexibility index (Phi) is 7.79. The number of pyridine rings is 1. The highest BCUT2D eigenvalue weighted by Crippen LogP contribution is 2.43. The van der Waals surface area contributed by atoms with E-state index in [0.717, 1.165) is 55.8 Å². The molecule has 8 rings (SSSR count). The summed E-state index contributed by atoms with van der Waals surface area (Å²) in [5, 5.41) is 5.09. The zero-order chi connectivity index (χ0) is 34.3. The summed E-state index contributed by atoms with van der Waals surface area (Å²) in [6, 6.07) is 42.3. The van der Waals surface area contributed by atoms with Crippen molar-refractivity contribution in [3.63, 3.8) is 0 Å². The minimum absolute atomic E-state index is 0.341. The van der Waals surface area contributed by atoms with Crippen molar-refractivity contribution in [3.05, 3.63) is 174 Å². The summed E-state index contributed by atoms with van der Waals surface area (Å²) in [7, 11) is 0. The van der Waals surface area contributed by atoms with E-state index in [2.05, 4.69) is 129 Å². The number of ether oxygens (including phenoxy) is 1. The zero-order valence-electron chi connectivity index (χ0n) is 28.4. The van der Waals surface area contributed by atoms with Crippen LogP contribution in [-0.2, 0) is 29.9 Å². The van der Waals surface area contributed by atoms with Crippen molar-refractivity contribution in [2.24, 2.45) is 0 Å². The van der Waals surface area contributed by atoms with Crippen molar-refractivity contribution < 1.29 is 9.53 Å². The normalized spacial score (nSPS) is 13.1. The van der Waals surface area contributed by atoms with Gasteiger partial charge in [0.25, 0.3) is 0 Å². The fraction of sp³-hybridized carbons (Fsp3) is 0.190. The van der Waals surface area contributed by atoms with Gasteiger partial charge in [0.15, 0.2) is 0 Å². The number of amides is 1. The number of hydrogen-bond acceptors (Lipinski definition) is 5. The Labute approximate surface area is 291 Å². The number of carbonyl (C=O) groups excluding carboxylic acids is 1. The monoisotopic (exact) mass is 658 g/mol. The van der Waals surface area contributed by atoms with E-state index in [4.69, 9.17) is 14.8 Å². The van der Waals surface area contributed by atoms with E-state index in [0.29, 0.717) is 19.6 Å². The molecular formula is C42H38N6O2. The van der Waals surface area contributed by atoms with E-state index in [9.17, 15) is 4.79 Å². The van der Waals surface area contributed by atoms with Crippen LogP contribution in [-0.4, -0.2) is 40.9 Å². The Balaban J connectivity index is 1.33. The number of hydrogen-bond donors (Lipinski definition) is 0. The first kappa shape index (κ1) is 31.3. The maximum atomic E-state index is 13.2. The number of nitrogens with zero attached hydrogens (tertiary/aromatic N) is 6. The van der Waals surface area contributed by atoms with Gasteiger partial charge in [0.1, 0.15) is 11.1 Å². The fourth-order valence-electron chi connectivity index (χ4n) is 7.20. The molecular weight excluding hydrogens is 621 g/mol.